The first kappa shape index (κ1) is 16.8. The van der Waals surface area contributed by atoms with E-state index in [1.807, 2.05) is 97.1 Å². The summed E-state index contributed by atoms with van der Waals surface area (Å²) in [4.78, 5) is 22.9. The van der Waals surface area contributed by atoms with Gasteiger partial charge in [-0.1, -0.05) is 78.9 Å². The SMILES string of the molecule is O=C1c2ccccc2-c2ccc(-c3nc4ccccc4nc3-c3ccccc3)cc21. The number of fused-ring (bicyclic) bond motifs is 4. The first-order valence-electron chi connectivity index (χ1n) is 9.90. The van der Waals surface area contributed by atoms with Crippen molar-refractivity contribution in [2.75, 3.05) is 0 Å². The molecule has 5 aromatic rings. The molecular formula is C27H16N2O. The predicted molar refractivity (Wildman–Crippen MR) is 119 cm³/mol. The second kappa shape index (κ2) is 6.46. The number of benzene rings is 4. The number of carbonyl (C=O) groups excluding carboxylic acids is 1. The summed E-state index contributed by atoms with van der Waals surface area (Å²) >= 11 is 0. The Bertz CT molecular complexity index is 1450. The lowest BCUT2D eigenvalue weighted by Crippen LogP contribution is -1.98. The van der Waals surface area contributed by atoms with Crippen LogP contribution < -0.4 is 0 Å². The zero-order valence-electron chi connectivity index (χ0n) is 16.0. The Kier molecular flexibility index (Phi) is 3.62. The molecule has 0 amide bonds. The molecule has 1 heterocycles. The lowest BCUT2D eigenvalue weighted by Gasteiger charge is -2.11. The van der Waals surface area contributed by atoms with E-state index >= 15 is 0 Å². The van der Waals surface area contributed by atoms with Crippen LogP contribution in [0.2, 0.25) is 0 Å². The average Bonchev–Trinajstić information content (AvgIpc) is 3.10. The van der Waals surface area contributed by atoms with Gasteiger partial charge in [-0.3, -0.25) is 4.79 Å². The Labute approximate surface area is 173 Å². The highest BCUT2D eigenvalue weighted by molar-refractivity contribution is 6.22. The van der Waals surface area contributed by atoms with E-state index in [4.69, 9.17) is 9.97 Å². The smallest absolute Gasteiger partial charge is 0.194 e. The zero-order chi connectivity index (χ0) is 20.1. The topological polar surface area (TPSA) is 42.9 Å². The minimum absolute atomic E-state index is 0.0671. The fourth-order valence-corrected chi connectivity index (χ4v) is 4.17. The van der Waals surface area contributed by atoms with Crippen LogP contribution in [0.25, 0.3) is 44.7 Å². The number of aromatic nitrogens is 2. The number of ketones is 1. The third-order valence-electron chi connectivity index (χ3n) is 5.62. The first-order valence-corrected chi connectivity index (χ1v) is 9.90. The first-order chi connectivity index (χ1) is 14.8. The third-order valence-corrected chi connectivity index (χ3v) is 5.62. The summed E-state index contributed by atoms with van der Waals surface area (Å²) < 4.78 is 0. The molecule has 3 nitrogen and oxygen atoms in total. The summed E-state index contributed by atoms with van der Waals surface area (Å²) in [7, 11) is 0. The van der Waals surface area contributed by atoms with Crippen molar-refractivity contribution in [3.05, 3.63) is 108 Å². The third kappa shape index (κ3) is 2.49. The lowest BCUT2D eigenvalue weighted by molar-refractivity contribution is 0.104. The Hall–Kier alpha value is -4.11. The molecule has 1 aliphatic rings. The maximum Gasteiger partial charge on any atom is 0.194 e. The van der Waals surface area contributed by atoms with Crippen LogP contribution in [0.4, 0.5) is 0 Å². The second-order valence-corrected chi connectivity index (χ2v) is 7.41. The molecule has 0 N–H and O–H groups in total. The maximum atomic E-state index is 13.0. The Balaban J connectivity index is 1.60. The monoisotopic (exact) mass is 384 g/mol. The summed E-state index contributed by atoms with van der Waals surface area (Å²) in [5, 5.41) is 0. The Morgan fingerprint density at radius 3 is 1.77 bits per heavy atom. The van der Waals surface area contributed by atoms with Crippen molar-refractivity contribution in [1.82, 2.24) is 9.97 Å². The van der Waals surface area contributed by atoms with Crippen molar-refractivity contribution in [2.45, 2.75) is 0 Å². The second-order valence-electron chi connectivity index (χ2n) is 7.41. The van der Waals surface area contributed by atoms with Gasteiger partial charge in [0.15, 0.2) is 5.78 Å². The van der Waals surface area contributed by atoms with Crippen molar-refractivity contribution in [2.24, 2.45) is 0 Å². The predicted octanol–water partition coefficient (Wildman–Crippen LogP) is 6.18. The molecule has 0 fully saturated rings. The van der Waals surface area contributed by atoms with Gasteiger partial charge >= 0.3 is 0 Å². The summed E-state index contributed by atoms with van der Waals surface area (Å²) in [5.74, 6) is 0.0671. The molecule has 0 unspecified atom stereocenters. The van der Waals surface area contributed by atoms with Gasteiger partial charge in [0, 0.05) is 22.3 Å². The molecule has 140 valence electrons. The van der Waals surface area contributed by atoms with Gasteiger partial charge < -0.3 is 0 Å². The number of hydrogen-bond donors (Lipinski definition) is 0. The molecule has 4 aromatic carbocycles. The highest BCUT2D eigenvalue weighted by Crippen LogP contribution is 2.39. The van der Waals surface area contributed by atoms with Crippen LogP contribution in [0.3, 0.4) is 0 Å². The number of carbonyl (C=O) groups is 1. The summed E-state index contributed by atoms with van der Waals surface area (Å²) in [6.07, 6.45) is 0. The van der Waals surface area contributed by atoms with Gasteiger partial charge in [-0.25, -0.2) is 9.97 Å². The fraction of sp³-hybridized carbons (Fsp3) is 0. The molecule has 0 atom stereocenters. The lowest BCUT2D eigenvalue weighted by atomic mass is 9.98. The highest BCUT2D eigenvalue weighted by Gasteiger charge is 2.27. The van der Waals surface area contributed by atoms with Gasteiger partial charge in [-0.15, -0.1) is 0 Å². The average molecular weight is 384 g/mol. The normalized spacial score (nSPS) is 12.1. The number of nitrogens with zero attached hydrogens (tertiary/aromatic N) is 2. The van der Waals surface area contributed by atoms with Crippen molar-refractivity contribution in [3.8, 4) is 33.6 Å². The molecule has 1 aromatic heterocycles. The van der Waals surface area contributed by atoms with Gasteiger partial charge in [0.05, 0.1) is 22.4 Å². The molecule has 0 saturated heterocycles. The molecule has 30 heavy (non-hydrogen) atoms. The van der Waals surface area contributed by atoms with E-state index in [-0.39, 0.29) is 5.78 Å². The van der Waals surface area contributed by atoms with Crippen LogP contribution in [0.1, 0.15) is 15.9 Å². The number of hydrogen-bond acceptors (Lipinski definition) is 3. The van der Waals surface area contributed by atoms with Crippen LogP contribution in [-0.2, 0) is 0 Å². The quantitative estimate of drug-likeness (QED) is 0.358. The summed E-state index contributed by atoms with van der Waals surface area (Å²) in [5.41, 5.74) is 8.65. The van der Waals surface area contributed by atoms with Gasteiger partial charge in [-0.2, -0.15) is 0 Å². The van der Waals surface area contributed by atoms with Crippen LogP contribution >= 0.6 is 0 Å². The molecule has 6 rings (SSSR count). The summed E-state index contributed by atoms with van der Waals surface area (Å²) in [6, 6.07) is 31.7. The van der Waals surface area contributed by atoms with E-state index < -0.39 is 0 Å². The zero-order valence-corrected chi connectivity index (χ0v) is 16.0. The number of rotatable bonds is 2. The molecule has 0 spiro atoms. The fourth-order valence-electron chi connectivity index (χ4n) is 4.17. The van der Waals surface area contributed by atoms with Crippen LogP contribution in [0.15, 0.2) is 97.1 Å². The van der Waals surface area contributed by atoms with Crippen molar-refractivity contribution >= 4 is 16.8 Å². The minimum Gasteiger partial charge on any atom is -0.289 e. The van der Waals surface area contributed by atoms with Crippen molar-refractivity contribution in [1.29, 1.82) is 0 Å². The molecular weight excluding hydrogens is 368 g/mol. The van der Waals surface area contributed by atoms with E-state index in [1.54, 1.807) is 0 Å². The van der Waals surface area contributed by atoms with Crippen LogP contribution in [0.5, 0.6) is 0 Å². The Morgan fingerprint density at radius 2 is 1.03 bits per heavy atom. The molecule has 0 saturated carbocycles. The standard InChI is InChI=1S/C27H16N2O/c30-27-21-11-5-4-10-19(21)20-15-14-18(16-22(20)27)26-25(17-8-2-1-3-9-17)28-23-12-6-7-13-24(23)29-26/h1-16H. The molecule has 0 aliphatic heterocycles. The van der Waals surface area contributed by atoms with Crippen molar-refractivity contribution < 1.29 is 4.79 Å². The Morgan fingerprint density at radius 1 is 0.467 bits per heavy atom. The van der Waals surface area contributed by atoms with E-state index in [9.17, 15) is 4.79 Å². The van der Waals surface area contributed by atoms with Gasteiger partial charge in [0.25, 0.3) is 0 Å². The van der Waals surface area contributed by atoms with Gasteiger partial charge in [0.2, 0.25) is 0 Å². The van der Waals surface area contributed by atoms with Crippen LogP contribution in [-0.4, -0.2) is 15.8 Å². The maximum absolute atomic E-state index is 13.0. The molecule has 1 aliphatic carbocycles. The molecule has 0 radical (unpaired) electrons. The van der Waals surface area contributed by atoms with Gasteiger partial charge in [0.1, 0.15) is 0 Å². The highest BCUT2D eigenvalue weighted by atomic mass is 16.1. The molecule has 3 heteroatoms. The van der Waals surface area contributed by atoms with Crippen molar-refractivity contribution in [3.63, 3.8) is 0 Å². The van der Waals surface area contributed by atoms with E-state index in [1.165, 1.54) is 0 Å². The number of para-hydroxylation sites is 2. The molecule has 0 bridgehead atoms. The van der Waals surface area contributed by atoms with Gasteiger partial charge in [-0.05, 0) is 29.3 Å². The van der Waals surface area contributed by atoms with E-state index in [0.717, 1.165) is 55.8 Å². The van der Waals surface area contributed by atoms with E-state index in [0.29, 0.717) is 0 Å². The minimum atomic E-state index is 0.0671. The van der Waals surface area contributed by atoms with E-state index in [2.05, 4.69) is 0 Å². The largest absolute Gasteiger partial charge is 0.289 e. The summed E-state index contributed by atoms with van der Waals surface area (Å²) in [6.45, 7) is 0. The van der Waals surface area contributed by atoms with Crippen LogP contribution in [0, 0.1) is 0 Å².